The molecule has 0 amide bonds. The van der Waals surface area contributed by atoms with Crippen molar-refractivity contribution >= 4 is 0 Å². The van der Waals surface area contributed by atoms with Crippen LogP contribution in [0.25, 0.3) is 0 Å². The zero-order valence-electron chi connectivity index (χ0n) is 13.5. The van der Waals surface area contributed by atoms with E-state index in [0.29, 0.717) is 5.41 Å². The predicted molar refractivity (Wildman–Crippen MR) is 84.1 cm³/mol. The van der Waals surface area contributed by atoms with Gasteiger partial charge in [0.25, 0.3) is 0 Å². The molecule has 0 heteroatoms. The van der Waals surface area contributed by atoms with Crippen LogP contribution in [0, 0.1) is 11.3 Å². The minimum atomic E-state index is 0.474. The molecule has 0 radical (unpaired) electrons. The van der Waals surface area contributed by atoms with E-state index in [0.717, 1.165) is 11.8 Å². The molecule has 0 bridgehead atoms. The van der Waals surface area contributed by atoms with Crippen molar-refractivity contribution in [1.82, 2.24) is 0 Å². The van der Waals surface area contributed by atoms with E-state index in [9.17, 15) is 0 Å². The monoisotopic (exact) mass is 248 g/mol. The third-order valence-electron chi connectivity index (χ3n) is 4.26. The first kappa shape index (κ1) is 17.2. The smallest absolute Gasteiger partial charge is 0.0108 e. The van der Waals surface area contributed by atoms with Crippen LogP contribution in [0.5, 0.6) is 0 Å². The van der Waals surface area contributed by atoms with Crippen LogP contribution >= 0.6 is 0 Å². The molecule has 2 atom stereocenters. The maximum Gasteiger partial charge on any atom is -0.0108 e. The van der Waals surface area contributed by atoms with Crippen LogP contribution in [0.1, 0.15) is 72.8 Å². The van der Waals surface area contributed by atoms with Crippen molar-refractivity contribution < 1.29 is 0 Å². The maximum atomic E-state index is 2.42. The summed E-state index contributed by atoms with van der Waals surface area (Å²) in [5.41, 5.74) is 2.00. The van der Waals surface area contributed by atoms with Crippen molar-refractivity contribution in [2.45, 2.75) is 67.2 Å². The molecule has 0 nitrogen and oxygen atoms in total. The highest BCUT2D eigenvalue weighted by molar-refractivity contribution is 5.23. The van der Waals surface area contributed by atoms with Crippen molar-refractivity contribution in [2.24, 2.45) is 11.3 Å². The van der Waals surface area contributed by atoms with Crippen molar-refractivity contribution in [3.8, 4) is 0 Å². The molecule has 0 aromatic heterocycles. The van der Waals surface area contributed by atoms with E-state index in [2.05, 4.69) is 51.1 Å². The molecule has 0 aliphatic heterocycles. The molecule has 1 aliphatic carbocycles. The van der Waals surface area contributed by atoms with Gasteiger partial charge < -0.3 is 0 Å². The molecule has 2 rings (SSSR count). The quantitative estimate of drug-likeness (QED) is 0.548. The second-order valence-electron chi connectivity index (χ2n) is 5.26. The summed E-state index contributed by atoms with van der Waals surface area (Å²) in [6.07, 6.45) is 2.74. The summed E-state index contributed by atoms with van der Waals surface area (Å²) in [4.78, 5) is 0. The van der Waals surface area contributed by atoms with Crippen LogP contribution < -0.4 is 0 Å². The Bertz CT molecular complexity index is 297. The summed E-state index contributed by atoms with van der Waals surface area (Å²) in [5.74, 6) is 1.62. The lowest BCUT2D eigenvalue weighted by Gasteiger charge is -2.31. The Labute approximate surface area is 115 Å². The van der Waals surface area contributed by atoms with Crippen LogP contribution in [0.2, 0.25) is 0 Å². The van der Waals surface area contributed by atoms with Gasteiger partial charge in [-0.05, 0) is 35.7 Å². The molecular weight excluding hydrogens is 216 g/mol. The highest BCUT2D eigenvalue weighted by Gasteiger charge is 2.40. The summed E-state index contributed by atoms with van der Waals surface area (Å²) in [7, 11) is 0. The first-order valence-electron chi connectivity index (χ1n) is 7.67. The summed E-state index contributed by atoms with van der Waals surface area (Å²) in [6, 6.07) is 11.0. The molecule has 0 spiro atoms. The summed E-state index contributed by atoms with van der Waals surface area (Å²) in [6.45, 7) is 15.2. The Hall–Kier alpha value is -0.780. The molecule has 1 aromatic carbocycles. The second kappa shape index (κ2) is 8.34. The van der Waals surface area contributed by atoms with Gasteiger partial charge in [-0.15, -0.1) is 0 Å². The van der Waals surface area contributed by atoms with Crippen molar-refractivity contribution in [2.75, 3.05) is 0 Å². The third-order valence-corrected chi connectivity index (χ3v) is 4.26. The predicted octanol–water partition coefficient (Wildman–Crippen LogP) is 6.28. The van der Waals surface area contributed by atoms with Gasteiger partial charge in [0.1, 0.15) is 0 Å². The van der Waals surface area contributed by atoms with Gasteiger partial charge in [0.2, 0.25) is 0 Å². The lowest BCUT2D eigenvalue weighted by molar-refractivity contribution is 0.249. The number of benzene rings is 1. The Morgan fingerprint density at radius 3 is 1.78 bits per heavy atom. The fraction of sp³-hybridized carbons (Fsp3) is 0.667. The SMILES string of the molecule is CC.CC.CC1CCC(c2ccccc2)C1(C)C. The maximum absolute atomic E-state index is 2.42. The molecule has 1 fully saturated rings. The molecule has 104 valence electrons. The van der Waals surface area contributed by atoms with E-state index in [1.165, 1.54) is 18.4 Å². The van der Waals surface area contributed by atoms with E-state index in [1.807, 2.05) is 27.7 Å². The topological polar surface area (TPSA) is 0 Å². The van der Waals surface area contributed by atoms with E-state index in [-0.39, 0.29) is 0 Å². The first-order valence-corrected chi connectivity index (χ1v) is 7.67. The standard InChI is InChI=1S/C14H20.2C2H6/c1-11-9-10-13(14(11,2)3)12-7-5-4-6-8-12;2*1-2/h4-8,11,13H,9-10H2,1-3H3;2*1-2H3. The van der Waals surface area contributed by atoms with Crippen LogP contribution in [-0.4, -0.2) is 0 Å². The van der Waals surface area contributed by atoms with E-state index in [4.69, 9.17) is 0 Å². The lowest BCUT2D eigenvalue weighted by atomic mass is 9.73. The lowest BCUT2D eigenvalue weighted by Crippen LogP contribution is -2.21. The van der Waals surface area contributed by atoms with E-state index in [1.54, 1.807) is 0 Å². The van der Waals surface area contributed by atoms with Gasteiger partial charge in [-0.2, -0.15) is 0 Å². The minimum absolute atomic E-state index is 0.474. The van der Waals surface area contributed by atoms with E-state index < -0.39 is 0 Å². The molecule has 1 saturated carbocycles. The first-order chi connectivity index (χ1) is 8.62. The molecule has 18 heavy (non-hydrogen) atoms. The molecule has 0 N–H and O–H groups in total. The highest BCUT2D eigenvalue weighted by Crippen LogP contribution is 2.52. The van der Waals surface area contributed by atoms with Crippen LogP contribution in [-0.2, 0) is 0 Å². The van der Waals surface area contributed by atoms with Gasteiger partial charge in [0.15, 0.2) is 0 Å². The summed E-state index contributed by atoms with van der Waals surface area (Å²) in [5, 5.41) is 0. The molecular formula is C18H32. The Balaban J connectivity index is 0.000000659. The molecule has 1 aliphatic rings. The van der Waals surface area contributed by atoms with Gasteiger partial charge >= 0.3 is 0 Å². The van der Waals surface area contributed by atoms with Gasteiger partial charge in [-0.3, -0.25) is 0 Å². The highest BCUT2D eigenvalue weighted by atomic mass is 14.4. The average molecular weight is 248 g/mol. The van der Waals surface area contributed by atoms with Gasteiger partial charge in [0.05, 0.1) is 0 Å². The van der Waals surface area contributed by atoms with E-state index >= 15 is 0 Å². The second-order valence-corrected chi connectivity index (χ2v) is 5.26. The summed E-state index contributed by atoms with van der Waals surface area (Å²) < 4.78 is 0. The van der Waals surface area contributed by atoms with Crippen molar-refractivity contribution in [3.05, 3.63) is 35.9 Å². The van der Waals surface area contributed by atoms with Crippen LogP contribution in [0.3, 0.4) is 0 Å². The largest absolute Gasteiger partial charge is 0.0683 e. The number of hydrogen-bond acceptors (Lipinski definition) is 0. The van der Waals surface area contributed by atoms with Crippen LogP contribution in [0.4, 0.5) is 0 Å². The van der Waals surface area contributed by atoms with Crippen LogP contribution in [0.15, 0.2) is 30.3 Å². The Morgan fingerprint density at radius 1 is 0.889 bits per heavy atom. The minimum Gasteiger partial charge on any atom is -0.0683 e. The fourth-order valence-corrected chi connectivity index (χ4v) is 2.79. The molecule has 0 saturated heterocycles. The van der Waals surface area contributed by atoms with Gasteiger partial charge in [0, 0.05) is 0 Å². The number of hydrogen-bond donors (Lipinski definition) is 0. The molecule has 1 aromatic rings. The Morgan fingerprint density at radius 2 is 1.39 bits per heavy atom. The van der Waals surface area contributed by atoms with Crippen molar-refractivity contribution in [3.63, 3.8) is 0 Å². The third kappa shape index (κ3) is 3.86. The van der Waals surface area contributed by atoms with Crippen molar-refractivity contribution in [1.29, 1.82) is 0 Å². The van der Waals surface area contributed by atoms with Gasteiger partial charge in [-0.25, -0.2) is 0 Å². The zero-order valence-corrected chi connectivity index (χ0v) is 13.5. The zero-order chi connectivity index (χ0) is 14.2. The number of rotatable bonds is 1. The van der Waals surface area contributed by atoms with Gasteiger partial charge in [-0.1, -0.05) is 78.8 Å². The molecule has 2 unspecified atom stereocenters. The summed E-state index contributed by atoms with van der Waals surface area (Å²) >= 11 is 0. The normalized spacial score (nSPS) is 24.4. The Kier molecular flexibility index (Phi) is 7.98. The fourth-order valence-electron chi connectivity index (χ4n) is 2.79. The molecule has 0 heterocycles. The average Bonchev–Trinajstić information content (AvgIpc) is 2.70.